The monoisotopic (exact) mass is 290 g/mol. The molecule has 2 saturated heterocycles. The maximum atomic E-state index is 12.3. The number of hydrogen-bond donors (Lipinski definition) is 0. The van der Waals surface area contributed by atoms with Gasteiger partial charge in [0.1, 0.15) is 17.3 Å². The number of hydrogen-bond acceptors (Lipinski definition) is 4. The molecule has 1 spiro atoms. The van der Waals surface area contributed by atoms with E-state index in [1.54, 1.807) is 13.2 Å². The predicted octanol–water partition coefficient (Wildman–Crippen LogP) is 2.18. The summed E-state index contributed by atoms with van der Waals surface area (Å²) in [6.45, 7) is 4.76. The molecule has 21 heavy (non-hydrogen) atoms. The third kappa shape index (κ3) is 1.96. The molecule has 0 radical (unpaired) electrons. The van der Waals surface area contributed by atoms with Crippen LogP contribution in [0.25, 0.3) is 0 Å². The van der Waals surface area contributed by atoms with Crippen LogP contribution in [-0.2, 0) is 19.0 Å². The number of methoxy groups -OCH3 is 1. The van der Waals surface area contributed by atoms with E-state index in [9.17, 15) is 4.79 Å². The van der Waals surface area contributed by atoms with Gasteiger partial charge in [-0.2, -0.15) is 0 Å². The average molecular weight is 290 g/mol. The van der Waals surface area contributed by atoms with E-state index in [4.69, 9.17) is 14.2 Å². The summed E-state index contributed by atoms with van der Waals surface area (Å²) in [7, 11) is 1.60. The first-order valence-corrected chi connectivity index (χ1v) is 7.76. The van der Waals surface area contributed by atoms with Crippen molar-refractivity contribution in [1.82, 2.24) is 0 Å². The number of carbonyl (C=O) groups is 1. The molecule has 0 aromatic heterocycles. The lowest BCUT2D eigenvalue weighted by Gasteiger charge is -2.36. The SMILES string of the molecule is COC1C(=O)C=C(C)C2(CO2)C1C1(C)OC1CC=C1CC1. The van der Waals surface area contributed by atoms with Crippen LogP contribution < -0.4 is 0 Å². The van der Waals surface area contributed by atoms with Gasteiger partial charge in [-0.3, -0.25) is 4.79 Å². The van der Waals surface area contributed by atoms with E-state index in [1.165, 1.54) is 18.4 Å². The van der Waals surface area contributed by atoms with Crippen molar-refractivity contribution >= 4 is 5.78 Å². The highest BCUT2D eigenvalue weighted by molar-refractivity contribution is 5.96. The minimum absolute atomic E-state index is 0.0390. The van der Waals surface area contributed by atoms with Crippen LogP contribution in [0.2, 0.25) is 0 Å². The van der Waals surface area contributed by atoms with Crippen LogP contribution in [-0.4, -0.2) is 42.9 Å². The van der Waals surface area contributed by atoms with Crippen LogP contribution in [0.3, 0.4) is 0 Å². The number of allylic oxidation sites excluding steroid dienone is 1. The Morgan fingerprint density at radius 1 is 1.48 bits per heavy atom. The molecule has 2 aliphatic carbocycles. The highest BCUT2D eigenvalue weighted by Crippen LogP contribution is 2.59. The van der Waals surface area contributed by atoms with E-state index in [0.29, 0.717) is 6.61 Å². The zero-order valence-corrected chi connectivity index (χ0v) is 12.8. The topological polar surface area (TPSA) is 51.4 Å². The molecule has 2 aliphatic heterocycles. The number of carbonyl (C=O) groups excluding carboxylic acids is 1. The second-order valence-corrected chi connectivity index (χ2v) is 6.93. The van der Waals surface area contributed by atoms with E-state index >= 15 is 0 Å². The van der Waals surface area contributed by atoms with E-state index in [1.807, 2.05) is 6.92 Å². The first-order chi connectivity index (χ1) is 10.0. The first-order valence-electron chi connectivity index (χ1n) is 7.76. The number of rotatable bonds is 4. The first kappa shape index (κ1) is 13.7. The number of ketones is 1. The van der Waals surface area contributed by atoms with Crippen LogP contribution in [0.5, 0.6) is 0 Å². The summed E-state index contributed by atoms with van der Waals surface area (Å²) in [4.78, 5) is 12.3. The van der Waals surface area contributed by atoms with Crippen molar-refractivity contribution in [2.75, 3.05) is 13.7 Å². The highest BCUT2D eigenvalue weighted by atomic mass is 16.6. The lowest BCUT2D eigenvalue weighted by Crippen LogP contribution is -2.52. The quantitative estimate of drug-likeness (QED) is 0.588. The summed E-state index contributed by atoms with van der Waals surface area (Å²) in [5, 5.41) is 0. The summed E-state index contributed by atoms with van der Waals surface area (Å²) in [6, 6.07) is 0. The molecule has 5 atom stereocenters. The lowest BCUT2D eigenvalue weighted by atomic mass is 9.69. The van der Waals surface area contributed by atoms with Crippen molar-refractivity contribution in [1.29, 1.82) is 0 Å². The standard InChI is InChI=1S/C17H22O4/c1-10-8-12(18)14(19-3)15(17(10)9-20-17)16(2)13(21-16)7-6-11-4-5-11/h6,8,13-15H,4-5,7,9H2,1-3H3. The van der Waals surface area contributed by atoms with Crippen LogP contribution in [0.4, 0.5) is 0 Å². The Morgan fingerprint density at radius 2 is 2.19 bits per heavy atom. The van der Waals surface area contributed by atoms with Gasteiger partial charge in [0.25, 0.3) is 0 Å². The van der Waals surface area contributed by atoms with Gasteiger partial charge < -0.3 is 14.2 Å². The molecule has 4 heteroatoms. The molecule has 3 fully saturated rings. The van der Waals surface area contributed by atoms with E-state index in [0.717, 1.165) is 12.0 Å². The van der Waals surface area contributed by atoms with Crippen LogP contribution in [0.15, 0.2) is 23.3 Å². The van der Waals surface area contributed by atoms with Gasteiger partial charge in [0, 0.05) is 7.11 Å². The van der Waals surface area contributed by atoms with Crippen LogP contribution in [0, 0.1) is 5.92 Å². The molecule has 0 amide bonds. The largest absolute Gasteiger partial charge is 0.373 e. The molecule has 1 saturated carbocycles. The summed E-state index contributed by atoms with van der Waals surface area (Å²) in [5.74, 6) is -0.00718. The number of ether oxygens (including phenoxy) is 3. The second-order valence-electron chi connectivity index (χ2n) is 6.93. The summed E-state index contributed by atoms with van der Waals surface area (Å²) < 4.78 is 17.4. The van der Waals surface area contributed by atoms with Crippen molar-refractivity contribution in [2.24, 2.45) is 5.92 Å². The molecule has 4 aliphatic rings. The molecule has 4 nitrogen and oxygen atoms in total. The highest BCUT2D eigenvalue weighted by Gasteiger charge is 2.72. The third-order valence-electron chi connectivity index (χ3n) is 5.58. The van der Waals surface area contributed by atoms with Gasteiger partial charge in [-0.25, -0.2) is 0 Å². The molecule has 0 aromatic carbocycles. The Kier molecular flexibility index (Phi) is 2.79. The molecule has 0 N–H and O–H groups in total. The zero-order valence-electron chi connectivity index (χ0n) is 12.8. The summed E-state index contributed by atoms with van der Waals surface area (Å²) in [6.07, 6.45) is 7.11. The zero-order chi connectivity index (χ0) is 14.8. The second kappa shape index (κ2) is 4.28. The van der Waals surface area contributed by atoms with Gasteiger partial charge in [-0.1, -0.05) is 11.6 Å². The molecule has 4 rings (SSSR count). The Labute approximate surface area is 125 Å². The van der Waals surface area contributed by atoms with Crippen molar-refractivity contribution in [3.8, 4) is 0 Å². The fourth-order valence-corrected chi connectivity index (χ4v) is 3.95. The van der Waals surface area contributed by atoms with Gasteiger partial charge in [-0.05, 0) is 44.8 Å². The Morgan fingerprint density at radius 3 is 2.76 bits per heavy atom. The molecule has 5 unspecified atom stereocenters. The molecular formula is C17H22O4. The van der Waals surface area contributed by atoms with Crippen molar-refractivity contribution in [3.63, 3.8) is 0 Å². The Hall–Kier alpha value is -0.970. The van der Waals surface area contributed by atoms with Crippen molar-refractivity contribution in [2.45, 2.75) is 56.5 Å². The smallest absolute Gasteiger partial charge is 0.184 e. The fraction of sp³-hybridized carbons (Fsp3) is 0.706. The minimum Gasteiger partial charge on any atom is -0.373 e. The van der Waals surface area contributed by atoms with Crippen molar-refractivity contribution in [3.05, 3.63) is 23.3 Å². The Balaban J connectivity index is 1.61. The van der Waals surface area contributed by atoms with Crippen LogP contribution in [0.1, 0.15) is 33.1 Å². The lowest BCUT2D eigenvalue weighted by molar-refractivity contribution is -0.132. The van der Waals surface area contributed by atoms with Gasteiger partial charge >= 0.3 is 0 Å². The van der Waals surface area contributed by atoms with Gasteiger partial charge in [0.2, 0.25) is 0 Å². The molecule has 114 valence electrons. The third-order valence-corrected chi connectivity index (χ3v) is 5.58. The van der Waals surface area contributed by atoms with Gasteiger partial charge in [0.15, 0.2) is 5.78 Å². The maximum absolute atomic E-state index is 12.3. The molecule has 2 heterocycles. The van der Waals surface area contributed by atoms with Crippen LogP contribution >= 0.6 is 0 Å². The van der Waals surface area contributed by atoms with Crippen molar-refractivity contribution < 1.29 is 19.0 Å². The summed E-state index contributed by atoms with van der Waals surface area (Å²) >= 11 is 0. The fourth-order valence-electron chi connectivity index (χ4n) is 3.95. The summed E-state index contributed by atoms with van der Waals surface area (Å²) in [5.41, 5.74) is 1.88. The normalized spacial score (nSPS) is 47.4. The number of epoxide rings is 2. The van der Waals surface area contributed by atoms with Gasteiger partial charge in [-0.15, -0.1) is 0 Å². The predicted molar refractivity (Wildman–Crippen MR) is 76.9 cm³/mol. The molecule has 0 aromatic rings. The van der Waals surface area contributed by atoms with E-state index in [2.05, 4.69) is 13.0 Å². The van der Waals surface area contributed by atoms with E-state index < -0.39 is 6.10 Å². The average Bonchev–Trinajstić information content (AvgIpc) is 3.30. The molecular weight excluding hydrogens is 268 g/mol. The minimum atomic E-state index is -0.459. The maximum Gasteiger partial charge on any atom is 0.184 e. The van der Waals surface area contributed by atoms with Gasteiger partial charge in [0.05, 0.1) is 18.6 Å². The Bertz CT molecular complexity index is 551. The van der Waals surface area contributed by atoms with E-state index in [-0.39, 0.29) is 29.0 Å². The molecule has 0 bridgehead atoms.